The minimum Gasteiger partial charge on any atom is -0.452 e. The molecule has 4 aromatic rings. The fraction of sp³-hybridized carbons (Fsp3) is 0.360. The van der Waals surface area contributed by atoms with Crippen LogP contribution in [0.25, 0.3) is 22.0 Å². The van der Waals surface area contributed by atoms with E-state index < -0.39 is 16.0 Å². The number of aryl methyl sites for hydroxylation is 2. The Morgan fingerprint density at radius 2 is 1.91 bits per heavy atom. The number of furan rings is 1. The summed E-state index contributed by atoms with van der Waals surface area (Å²) in [6, 6.07) is 12.4. The van der Waals surface area contributed by atoms with E-state index in [0.717, 1.165) is 22.9 Å². The van der Waals surface area contributed by atoms with Gasteiger partial charge in [-0.3, -0.25) is 0 Å². The Hall–Kier alpha value is -3.21. The number of aromatic nitrogens is 2. The summed E-state index contributed by atoms with van der Waals surface area (Å²) in [6.07, 6.45) is 0.836. The average Bonchev–Trinajstić information content (AvgIpc) is 3.40. The van der Waals surface area contributed by atoms with Crippen LogP contribution < -0.4 is 0 Å². The monoisotopic (exact) mass is 497 g/mol. The van der Waals surface area contributed by atoms with E-state index in [9.17, 15) is 13.2 Å². The number of ether oxygens (including phenoxy) is 2. The molecule has 2 aromatic heterocycles. The number of imidazole rings is 1. The number of benzene rings is 2. The van der Waals surface area contributed by atoms with Crippen LogP contribution in [-0.2, 0) is 32.6 Å². The number of sulfonamides is 1. The fourth-order valence-corrected chi connectivity index (χ4v) is 5.83. The Kier molecular flexibility index (Phi) is 6.35. The highest BCUT2D eigenvalue weighted by molar-refractivity contribution is 7.89. The van der Waals surface area contributed by atoms with Crippen molar-refractivity contribution >= 4 is 38.0 Å². The van der Waals surface area contributed by atoms with Crippen LogP contribution in [0.4, 0.5) is 0 Å². The summed E-state index contributed by atoms with van der Waals surface area (Å²) in [7, 11) is -3.64. The van der Waals surface area contributed by atoms with Crippen molar-refractivity contribution in [2.75, 3.05) is 26.3 Å². The summed E-state index contributed by atoms with van der Waals surface area (Å²) in [5.41, 5.74) is 2.69. The van der Waals surface area contributed by atoms with Gasteiger partial charge < -0.3 is 18.5 Å². The van der Waals surface area contributed by atoms with Crippen LogP contribution in [0.15, 0.2) is 51.8 Å². The molecular weight excluding hydrogens is 470 g/mol. The van der Waals surface area contributed by atoms with Gasteiger partial charge in [0.15, 0.2) is 0 Å². The van der Waals surface area contributed by atoms with Gasteiger partial charge in [0, 0.05) is 30.6 Å². The number of hydrogen-bond donors (Lipinski definition) is 0. The van der Waals surface area contributed by atoms with Crippen LogP contribution >= 0.6 is 0 Å². The van der Waals surface area contributed by atoms with Gasteiger partial charge in [-0.1, -0.05) is 25.1 Å². The first-order chi connectivity index (χ1) is 16.9. The zero-order valence-electron chi connectivity index (χ0n) is 19.7. The Balaban J connectivity index is 1.42. The fourth-order valence-electron chi connectivity index (χ4n) is 4.40. The van der Waals surface area contributed by atoms with E-state index in [2.05, 4.69) is 4.98 Å². The van der Waals surface area contributed by atoms with Crippen LogP contribution in [0, 0.1) is 6.92 Å². The second kappa shape index (κ2) is 9.44. The van der Waals surface area contributed by atoms with Crippen LogP contribution in [0.5, 0.6) is 0 Å². The normalized spacial score (nSPS) is 15.1. The molecule has 0 bridgehead atoms. The number of fused-ring (bicyclic) bond motifs is 2. The number of rotatable bonds is 7. The molecule has 0 saturated carbocycles. The number of hydrogen-bond acceptors (Lipinski definition) is 7. The summed E-state index contributed by atoms with van der Waals surface area (Å²) in [5.74, 6) is 0.150. The molecule has 10 heteroatoms. The Labute approximate surface area is 203 Å². The molecule has 0 atom stereocenters. The lowest BCUT2D eigenvalue weighted by Crippen LogP contribution is -2.40. The van der Waals surface area contributed by atoms with E-state index in [1.54, 1.807) is 18.2 Å². The lowest BCUT2D eigenvalue weighted by atomic mass is 10.1. The largest absolute Gasteiger partial charge is 0.452 e. The summed E-state index contributed by atoms with van der Waals surface area (Å²) in [4.78, 5) is 17.6. The molecule has 35 heavy (non-hydrogen) atoms. The van der Waals surface area contributed by atoms with Gasteiger partial charge in [-0.05, 0) is 37.6 Å². The van der Waals surface area contributed by atoms with Crippen LogP contribution in [-0.4, -0.2) is 54.5 Å². The number of para-hydroxylation sites is 1. The SMILES string of the molecule is CCCn1c(COC(=O)c2oc3ccccc3c2C)nc2cc(S(=O)(=O)N3CCOCC3)ccc21. The zero-order valence-corrected chi connectivity index (χ0v) is 20.5. The quantitative estimate of drug-likeness (QED) is 0.357. The average molecular weight is 498 g/mol. The van der Waals surface area contributed by atoms with Gasteiger partial charge in [0.1, 0.15) is 18.0 Å². The van der Waals surface area contributed by atoms with E-state index in [4.69, 9.17) is 13.9 Å². The molecule has 0 N–H and O–H groups in total. The molecule has 1 saturated heterocycles. The number of esters is 1. The molecule has 5 rings (SSSR count). The van der Waals surface area contributed by atoms with Gasteiger partial charge in [-0.15, -0.1) is 0 Å². The van der Waals surface area contributed by atoms with Crippen molar-refractivity contribution in [1.29, 1.82) is 0 Å². The van der Waals surface area contributed by atoms with E-state index in [-0.39, 0.29) is 17.3 Å². The van der Waals surface area contributed by atoms with Gasteiger partial charge in [0.25, 0.3) is 0 Å². The van der Waals surface area contributed by atoms with Crippen molar-refractivity contribution in [2.45, 2.75) is 38.3 Å². The molecule has 0 spiro atoms. The highest BCUT2D eigenvalue weighted by Crippen LogP contribution is 2.27. The Morgan fingerprint density at radius 3 is 2.66 bits per heavy atom. The van der Waals surface area contributed by atoms with Gasteiger partial charge in [0.05, 0.1) is 29.1 Å². The summed E-state index contributed by atoms with van der Waals surface area (Å²) >= 11 is 0. The minimum absolute atomic E-state index is 0.0600. The predicted octanol–water partition coefficient (Wildman–Crippen LogP) is 3.88. The molecular formula is C25H27N3O6S. The standard InChI is InChI=1S/C25H27N3O6S/c1-3-10-28-21-9-8-18(35(30,31)27-11-13-32-14-12-27)15-20(21)26-23(28)16-33-25(29)24-17(2)19-6-4-5-7-22(19)34-24/h4-9,15H,3,10-14,16H2,1-2H3. The van der Waals surface area contributed by atoms with E-state index >= 15 is 0 Å². The van der Waals surface area contributed by atoms with E-state index in [1.165, 1.54) is 4.31 Å². The molecule has 2 aromatic carbocycles. The van der Waals surface area contributed by atoms with E-state index in [0.29, 0.717) is 49.8 Å². The third-order valence-corrected chi connectivity index (χ3v) is 8.11. The van der Waals surface area contributed by atoms with Gasteiger partial charge in [-0.2, -0.15) is 4.31 Å². The van der Waals surface area contributed by atoms with Crippen molar-refractivity contribution in [1.82, 2.24) is 13.9 Å². The molecule has 1 aliphatic rings. The molecule has 0 aliphatic carbocycles. The third kappa shape index (κ3) is 4.33. The van der Waals surface area contributed by atoms with E-state index in [1.807, 2.05) is 42.7 Å². The van der Waals surface area contributed by atoms with Gasteiger partial charge >= 0.3 is 5.97 Å². The molecule has 1 fully saturated rings. The van der Waals surface area contributed by atoms with Crippen LogP contribution in [0.3, 0.4) is 0 Å². The molecule has 0 unspecified atom stereocenters. The highest BCUT2D eigenvalue weighted by Gasteiger charge is 2.27. The summed E-state index contributed by atoms with van der Waals surface area (Å²) < 4.78 is 46.1. The lowest BCUT2D eigenvalue weighted by molar-refractivity contribution is 0.0423. The van der Waals surface area contributed by atoms with Crippen molar-refractivity contribution in [2.24, 2.45) is 0 Å². The van der Waals surface area contributed by atoms with Gasteiger partial charge in [0.2, 0.25) is 15.8 Å². The van der Waals surface area contributed by atoms with Crippen molar-refractivity contribution in [3.8, 4) is 0 Å². The first-order valence-corrected chi connectivity index (χ1v) is 13.1. The summed E-state index contributed by atoms with van der Waals surface area (Å²) in [5, 5.41) is 0.867. The minimum atomic E-state index is -3.64. The first-order valence-electron chi connectivity index (χ1n) is 11.6. The van der Waals surface area contributed by atoms with Crippen LogP contribution in [0.2, 0.25) is 0 Å². The molecule has 3 heterocycles. The number of morpholine rings is 1. The Morgan fingerprint density at radius 1 is 1.14 bits per heavy atom. The number of carbonyl (C=O) groups excluding carboxylic acids is 1. The molecule has 0 radical (unpaired) electrons. The first kappa shape index (κ1) is 23.5. The number of carbonyl (C=O) groups is 1. The molecule has 1 aliphatic heterocycles. The maximum absolute atomic E-state index is 13.1. The molecule has 184 valence electrons. The third-order valence-electron chi connectivity index (χ3n) is 6.22. The number of nitrogens with zero attached hydrogens (tertiary/aromatic N) is 3. The van der Waals surface area contributed by atoms with Crippen LogP contribution in [0.1, 0.15) is 35.3 Å². The lowest BCUT2D eigenvalue weighted by Gasteiger charge is -2.26. The maximum Gasteiger partial charge on any atom is 0.375 e. The zero-order chi connectivity index (χ0) is 24.6. The Bertz CT molecular complexity index is 1500. The van der Waals surface area contributed by atoms with Gasteiger partial charge in [-0.25, -0.2) is 18.2 Å². The smallest absolute Gasteiger partial charge is 0.375 e. The maximum atomic E-state index is 13.1. The topological polar surface area (TPSA) is 104 Å². The van der Waals surface area contributed by atoms with Crippen molar-refractivity contribution < 1.29 is 27.1 Å². The molecule has 9 nitrogen and oxygen atoms in total. The second-order valence-corrected chi connectivity index (χ2v) is 10.4. The highest BCUT2D eigenvalue weighted by atomic mass is 32.2. The second-order valence-electron chi connectivity index (χ2n) is 8.48. The van der Waals surface area contributed by atoms with Crippen molar-refractivity contribution in [3.63, 3.8) is 0 Å². The van der Waals surface area contributed by atoms with Crippen molar-refractivity contribution in [3.05, 3.63) is 59.6 Å². The molecule has 0 amide bonds. The summed E-state index contributed by atoms with van der Waals surface area (Å²) in [6.45, 7) is 5.87. The predicted molar refractivity (Wildman–Crippen MR) is 130 cm³/mol.